The average molecular weight is 288 g/mol. The van der Waals surface area contributed by atoms with Gasteiger partial charge in [-0.15, -0.1) is 0 Å². The third-order valence-corrected chi connectivity index (χ3v) is 3.05. The number of anilines is 1. The van der Waals surface area contributed by atoms with Gasteiger partial charge in [0.15, 0.2) is 0 Å². The fourth-order valence-electron chi connectivity index (χ4n) is 2.10. The topological polar surface area (TPSA) is 47.3 Å². The van der Waals surface area contributed by atoms with Crippen LogP contribution < -0.4 is 15.8 Å². The van der Waals surface area contributed by atoms with E-state index in [0.717, 1.165) is 17.0 Å². The van der Waals surface area contributed by atoms with Crippen molar-refractivity contribution in [2.75, 3.05) is 11.9 Å². The summed E-state index contributed by atoms with van der Waals surface area (Å²) in [5.74, 6) is 0.569. The van der Waals surface area contributed by atoms with Gasteiger partial charge in [-0.2, -0.15) is 0 Å². The largest absolute Gasteiger partial charge is 0.491 e. The minimum absolute atomic E-state index is 0.0498. The number of benzene rings is 2. The van der Waals surface area contributed by atoms with Crippen LogP contribution in [-0.2, 0) is 0 Å². The van der Waals surface area contributed by atoms with Crippen molar-refractivity contribution in [2.45, 2.75) is 26.0 Å². The molecule has 0 radical (unpaired) electrons. The SMILES string of the molecule is CC(C)Oc1cccc(C(CN)Nc2ccc(F)cc2)c1. The number of hydrogen-bond donors (Lipinski definition) is 2. The van der Waals surface area contributed by atoms with Gasteiger partial charge in [0.2, 0.25) is 0 Å². The highest BCUT2D eigenvalue weighted by molar-refractivity contribution is 5.46. The van der Waals surface area contributed by atoms with Gasteiger partial charge in [-0.05, 0) is 55.8 Å². The minimum Gasteiger partial charge on any atom is -0.491 e. The first kappa shape index (κ1) is 15.3. The first-order chi connectivity index (χ1) is 10.1. The van der Waals surface area contributed by atoms with Crippen LogP contribution in [0.4, 0.5) is 10.1 Å². The van der Waals surface area contributed by atoms with Crippen LogP contribution in [0.15, 0.2) is 48.5 Å². The molecule has 0 bridgehead atoms. The van der Waals surface area contributed by atoms with E-state index in [4.69, 9.17) is 10.5 Å². The van der Waals surface area contributed by atoms with Crippen molar-refractivity contribution in [3.8, 4) is 5.75 Å². The summed E-state index contributed by atoms with van der Waals surface area (Å²) in [6, 6.07) is 14.1. The molecule has 4 heteroatoms. The van der Waals surface area contributed by atoms with E-state index in [-0.39, 0.29) is 18.0 Å². The normalized spacial score (nSPS) is 12.2. The molecule has 0 heterocycles. The van der Waals surface area contributed by atoms with Crippen LogP contribution in [0.25, 0.3) is 0 Å². The standard InChI is InChI=1S/C17H21FN2O/c1-12(2)21-16-5-3-4-13(10-16)17(11-19)20-15-8-6-14(18)7-9-15/h3-10,12,17,20H,11,19H2,1-2H3. The molecule has 2 rings (SSSR count). The van der Waals surface area contributed by atoms with Crippen molar-refractivity contribution in [1.29, 1.82) is 0 Å². The highest BCUT2D eigenvalue weighted by Gasteiger charge is 2.11. The molecular weight excluding hydrogens is 267 g/mol. The average Bonchev–Trinajstić information content (AvgIpc) is 2.46. The lowest BCUT2D eigenvalue weighted by atomic mass is 10.1. The van der Waals surface area contributed by atoms with E-state index in [1.54, 1.807) is 12.1 Å². The second-order valence-corrected chi connectivity index (χ2v) is 5.18. The van der Waals surface area contributed by atoms with Crippen molar-refractivity contribution in [2.24, 2.45) is 5.73 Å². The molecule has 1 atom stereocenters. The monoisotopic (exact) mass is 288 g/mol. The van der Waals surface area contributed by atoms with Crippen LogP contribution in [-0.4, -0.2) is 12.6 Å². The molecule has 0 fully saturated rings. The van der Waals surface area contributed by atoms with Gasteiger partial charge in [-0.1, -0.05) is 12.1 Å². The van der Waals surface area contributed by atoms with E-state index in [1.807, 2.05) is 38.1 Å². The molecule has 0 saturated heterocycles. The van der Waals surface area contributed by atoms with Gasteiger partial charge >= 0.3 is 0 Å². The van der Waals surface area contributed by atoms with Crippen LogP contribution in [0.5, 0.6) is 5.75 Å². The molecule has 0 saturated carbocycles. The Morgan fingerprint density at radius 3 is 2.48 bits per heavy atom. The maximum absolute atomic E-state index is 12.9. The number of ether oxygens (including phenoxy) is 1. The molecule has 2 aromatic rings. The maximum Gasteiger partial charge on any atom is 0.123 e. The summed E-state index contributed by atoms with van der Waals surface area (Å²) in [5, 5.41) is 3.31. The van der Waals surface area contributed by atoms with E-state index in [9.17, 15) is 4.39 Å². The third kappa shape index (κ3) is 4.46. The third-order valence-electron chi connectivity index (χ3n) is 3.05. The highest BCUT2D eigenvalue weighted by atomic mass is 19.1. The molecule has 3 N–H and O–H groups in total. The number of nitrogens with two attached hydrogens (primary N) is 1. The Labute approximate surface area is 124 Å². The lowest BCUT2D eigenvalue weighted by molar-refractivity contribution is 0.242. The zero-order valence-electron chi connectivity index (χ0n) is 12.3. The van der Waals surface area contributed by atoms with Gasteiger partial charge in [0, 0.05) is 12.2 Å². The summed E-state index contributed by atoms with van der Waals surface area (Å²) < 4.78 is 18.6. The summed E-state index contributed by atoms with van der Waals surface area (Å²) in [6.07, 6.45) is 0.127. The van der Waals surface area contributed by atoms with Gasteiger partial charge in [0.1, 0.15) is 11.6 Å². The van der Waals surface area contributed by atoms with Crippen LogP contribution in [0.1, 0.15) is 25.5 Å². The zero-order chi connectivity index (χ0) is 15.2. The van der Waals surface area contributed by atoms with E-state index in [2.05, 4.69) is 5.32 Å². The van der Waals surface area contributed by atoms with Gasteiger partial charge in [0.05, 0.1) is 12.1 Å². The Morgan fingerprint density at radius 1 is 1.14 bits per heavy atom. The maximum atomic E-state index is 12.9. The minimum atomic E-state index is -0.253. The van der Waals surface area contributed by atoms with Gasteiger partial charge < -0.3 is 15.8 Å². The second kappa shape index (κ2) is 7.09. The van der Waals surface area contributed by atoms with Crippen molar-refractivity contribution >= 4 is 5.69 Å². The van der Waals surface area contributed by atoms with Crippen molar-refractivity contribution in [1.82, 2.24) is 0 Å². The molecule has 0 spiro atoms. The Balaban J connectivity index is 2.15. The molecule has 0 aromatic heterocycles. The van der Waals surface area contributed by atoms with Crippen LogP contribution >= 0.6 is 0 Å². The van der Waals surface area contributed by atoms with Crippen LogP contribution in [0, 0.1) is 5.82 Å². The molecule has 21 heavy (non-hydrogen) atoms. The summed E-state index contributed by atoms with van der Waals surface area (Å²) in [7, 11) is 0. The molecule has 0 amide bonds. The summed E-state index contributed by atoms with van der Waals surface area (Å²) in [4.78, 5) is 0. The Kier molecular flexibility index (Phi) is 5.17. The van der Waals surface area contributed by atoms with Crippen LogP contribution in [0.2, 0.25) is 0 Å². The van der Waals surface area contributed by atoms with Crippen molar-refractivity contribution in [3.63, 3.8) is 0 Å². The first-order valence-electron chi connectivity index (χ1n) is 7.07. The number of nitrogens with one attached hydrogen (secondary N) is 1. The summed E-state index contributed by atoms with van der Waals surface area (Å²) in [6.45, 7) is 4.41. The Morgan fingerprint density at radius 2 is 1.86 bits per heavy atom. The highest BCUT2D eigenvalue weighted by Crippen LogP contribution is 2.23. The quantitative estimate of drug-likeness (QED) is 0.851. The Hall–Kier alpha value is -2.07. The van der Waals surface area contributed by atoms with Crippen molar-refractivity contribution in [3.05, 3.63) is 59.9 Å². The smallest absolute Gasteiger partial charge is 0.123 e. The predicted molar refractivity (Wildman–Crippen MR) is 84.0 cm³/mol. The molecule has 0 aliphatic heterocycles. The lowest BCUT2D eigenvalue weighted by Gasteiger charge is -2.20. The van der Waals surface area contributed by atoms with E-state index in [1.165, 1.54) is 12.1 Å². The number of halogens is 1. The van der Waals surface area contributed by atoms with Gasteiger partial charge in [-0.25, -0.2) is 4.39 Å². The molecule has 3 nitrogen and oxygen atoms in total. The van der Waals surface area contributed by atoms with Gasteiger partial charge in [0.25, 0.3) is 0 Å². The lowest BCUT2D eigenvalue weighted by Crippen LogP contribution is -2.20. The molecule has 0 aliphatic carbocycles. The van der Waals surface area contributed by atoms with Gasteiger partial charge in [-0.3, -0.25) is 0 Å². The fourth-order valence-corrected chi connectivity index (χ4v) is 2.10. The van der Waals surface area contributed by atoms with E-state index < -0.39 is 0 Å². The van der Waals surface area contributed by atoms with E-state index in [0.29, 0.717) is 6.54 Å². The number of hydrogen-bond acceptors (Lipinski definition) is 3. The fraction of sp³-hybridized carbons (Fsp3) is 0.294. The first-order valence-corrected chi connectivity index (χ1v) is 7.07. The molecule has 0 aliphatic rings. The molecule has 1 unspecified atom stereocenters. The summed E-state index contributed by atoms with van der Waals surface area (Å²) in [5.41, 5.74) is 7.73. The summed E-state index contributed by atoms with van der Waals surface area (Å²) >= 11 is 0. The van der Waals surface area contributed by atoms with E-state index >= 15 is 0 Å². The molecule has 2 aromatic carbocycles. The molecular formula is C17H21FN2O. The zero-order valence-corrected chi connectivity index (χ0v) is 12.3. The number of rotatable bonds is 6. The predicted octanol–water partition coefficient (Wildman–Crippen LogP) is 3.72. The molecule has 112 valence electrons. The second-order valence-electron chi connectivity index (χ2n) is 5.18. The van der Waals surface area contributed by atoms with Crippen molar-refractivity contribution < 1.29 is 9.13 Å². The Bertz CT molecular complexity index is 569. The van der Waals surface area contributed by atoms with Crippen LogP contribution in [0.3, 0.4) is 0 Å².